The monoisotopic (exact) mass is 381 g/mol. The maximum atomic E-state index is 12.9. The summed E-state index contributed by atoms with van der Waals surface area (Å²) in [6.45, 7) is 1.44. The lowest BCUT2D eigenvalue weighted by Crippen LogP contribution is -2.47. The number of benzene rings is 1. The normalized spacial score (nSPS) is 21.7. The molecule has 3 fully saturated rings. The smallest absolute Gasteiger partial charge is 0.321 e. The van der Waals surface area contributed by atoms with Gasteiger partial charge in [-0.15, -0.1) is 11.3 Å². The predicted octanol–water partition coefficient (Wildman–Crippen LogP) is 2.67. The molecule has 27 heavy (non-hydrogen) atoms. The van der Waals surface area contributed by atoms with Crippen molar-refractivity contribution in [1.29, 1.82) is 5.26 Å². The predicted molar refractivity (Wildman–Crippen MR) is 101 cm³/mol. The lowest BCUT2D eigenvalue weighted by atomic mass is 9.94. The SMILES string of the molecule is N#Cc1cccc(NC(=O)N2C[C@H]3CC[C@@H](C2)N(Cc2cscn2)C3=O)c1. The number of aromatic nitrogens is 1. The molecular weight excluding hydrogens is 362 g/mol. The average molecular weight is 381 g/mol. The largest absolute Gasteiger partial charge is 0.332 e. The third-order valence-electron chi connectivity index (χ3n) is 5.14. The van der Waals surface area contributed by atoms with Crippen LogP contribution in [0.4, 0.5) is 10.5 Å². The molecule has 5 rings (SSSR count). The fraction of sp³-hybridized carbons (Fsp3) is 0.368. The summed E-state index contributed by atoms with van der Waals surface area (Å²) in [4.78, 5) is 33.5. The summed E-state index contributed by atoms with van der Waals surface area (Å²) in [5.41, 5.74) is 3.74. The summed E-state index contributed by atoms with van der Waals surface area (Å²) < 4.78 is 0. The van der Waals surface area contributed by atoms with Crippen LogP contribution in [0.5, 0.6) is 0 Å². The van der Waals surface area contributed by atoms with Crippen molar-refractivity contribution in [3.05, 3.63) is 46.4 Å². The van der Waals surface area contributed by atoms with Gasteiger partial charge in [0.15, 0.2) is 0 Å². The summed E-state index contributed by atoms with van der Waals surface area (Å²) in [5, 5.41) is 13.8. The second-order valence-electron chi connectivity index (χ2n) is 6.90. The molecular formula is C19H19N5O2S. The highest BCUT2D eigenvalue weighted by Gasteiger charge is 2.42. The minimum Gasteiger partial charge on any atom is -0.332 e. The number of anilines is 1. The first-order chi connectivity index (χ1) is 13.1. The van der Waals surface area contributed by atoms with Gasteiger partial charge in [0.25, 0.3) is 0 Å². The highest BCUT2D eigenvalue weighted by Crippen LogP contribution is 2.30. The first kappa shape index (κ1) is 17.5. The van der Waals surface area contributed by atoms with Gasteiger partial charge in [-0.3, -0.25) is 4.79 Å². The molecule has 0 saturated carbocycles. The van der Waals surface area contributed by atoms with E-state index in [1.54, 1.807) is 34.7 Å². The second-order valence-corrected chi connectivity index (χ2v) is 7.62. The lowest BCUT2D eigenvalue weighted by molar-refractivity contribution is -0.140. The van der Waals surface area contributed by atoms with Gasteiger partial charge in [0.2, 0.25) is 5.91 Å². The fourth-order valence-corrected chi connectivity index (χ4v) is 4.32. The summed E-state index contributed by atoms with van der Waals surface area (Å²) >= 11 is 1.52. The van der Waals surface area contributed by atoms with Gasteiger partial charge in [-0.1, -0.05) is 6.07 Å². The number of rotatable bonds is 3. The van der Waals surface area contributed by atoms with E-state index in [4.69, 9.17) is 5.26 Å². The van der Waals surface area contributed by atoms with Crippen LogP contribution < -0.4 is 5.32 Å². The first-order valence-electron chi connectivity index (χ1n) is 8.87. The zero-order valence-electron chi connectivity index (χ0n) is 14.7. The van der Waals surface area contributed by atoms with Crippen molar-refractivity contribution in [2.45, 2.75) is 25.4 Å². The fourth-order valence-electron chi connectivity index (χ4n) is 3.77. The van der Waals surface area contributed by atoms with Crippen molar-refractivity contribution >= 4 is 29.0 Å². The third-order valence-corrected chi connectivity index (χ3v) is 5.77. The van der Waals surface area contributed by atoms with E-state index in [0.717, 1.165) is 18.5 Å². The lowest BCUT2D eigenvalue weighted by Gasteiger charge is -2.35. The van der Waals surface area contributed by atoms with Gasteiger partial charge in [0.05, 0.1) is 35.3 Å². The molecule has 8 heteroatoms. The van der Waals surface area contributed by atoms with Crippen molar-refractivity contribution in [3.63, 3.8) is 0 Å². The number of nitriles is 1. The molecule has 2 atom stereocenters. The van der Waals surface area contributed by atoms with Crippen molar-refractivity contribution < 1.29 is 9.59 Å². The molecule has 1 N–H and O–H groups in total. The number of hydrogen-bond donors (Lipinski definition) is 1. The van der Waals surface area contributed by atoms with Crippen LogP contribution in [-0.2, 0) is 11.3 Å². The Morgan fingerprint density at radius 2 is 2.26 bits per heavy atom. The number of nitrogens with zero attached hydrogens (tertiary/aromatic N) is 4. The number of fused-ring (bicyclic) bond motifs is 4. The van der Waals surface area contributed by atoms with Gasteiger partial charge in [-0.05, 0) is 31.0 Å². The number of piperidine rings is 1. The Morgan fingerprint density at radius 1 is 1.37 bits per heavy atom. The van der Waals surface area contributed by atoms with Crippen LogP contribution in [0, 0.1) is 17.2 Å². The molecule has 3 saturated heterocycles. The zero-order valence-corrected chi connectivity index (χ0v) is 15.5. The number of amides is 3. The molecule has 2 aromatic rings. The molecule has 138 valence electrons. The maximum Gasteiger partial charge on any atom is 0.321 e. The third kappa shape index (κ3) is 3.64. The minimum atomic E-state index is -0.231. The van der Waals surface area contributed by atoms with Crippen molar-refractivity contribution in [3.8, 4) is 6.07 Å². The molecule has 7 nitrogen and oxygen atoms in total. The Labute approximate surface area is 161 Å². The molecule has 0 unspecified atom stereocenters. The van der Waals surface area contributed by atoms with Gasteiger partial charge in [0.1, 0.15) is 0 Å². The maximum absolute atomic E-state index is 12.9. The van der Waals surface area contributed by atoms with Gasteiger partial charge in [-0.2, -0.15) is 5.26 Å². The van der Waals surface area contributed by atoms with E-state index >= 15 is 0 Å². The standard InChI is InChI=1S/C19H19N5O2S/c20-7-13-2-1-3-15(6-13)22-19(26)23-8-14-4-5-17(10-23)24(18(14)25)9-16-11-27-12-21-16/h1-3,6,11-12,14,17H,4-5,8-10H2,(H,22,26)/t14-,17+/m1/s1. The Balaban J connectivity index is 1.48. The Morgan fingerprint density at radius 3 is 3.04 bits per heavy atom. The van der Waals surface area contributed by atoms with E-state index in [9.17, 15) is 9.59 Å². The molecule has 1 aromatic heterocycles. The van der Waals surface area contributed by atoms with Crippen LogP contribution >= 0.6 is 11.3 Å². The number of hydrogen-bond acceptors (Lipinski definition) is 5. The van der Waals surface area contributed by atoms with E-state index in [2.05, 4.69) is 16.4 Å². The van der Waals surface area contributed by atoms with E-state index in [-0.39, 0.29) is 23.9 Å². The van der Waals surface area contributed by atoms with Crippen molar-refractivity contribution in [2.75, 3.05) is 18.4 Å². The first-order valence-corrected chi connectivity index (χ1v) is 9.82. The highest BCUT2D eigenvalue weighted by atomic mass is 32.1. The van der Waals surface area contributed by atoms with Gasteiger partial charge in [-0.25, -0.2) is 9.78 Å². The van der Waals surface area contributed by atoms with Crippen LogP contribution in [0.25, 0.3) is 0 Å². The summed E-state index contributed by atoms with van der Waals surface area (Å²) in [6.07, 6.45) is 1.71. The van der Waals surface area contributed by atoms with Crippen LogP contribution in [-0.4, -0.2) is 45.9 Å². The van der Waals surface area contributed by atoms with E-state index < -0.39 is 0 Å². The number of nitrogens with one attached hydrogen (secondary N) is 1. The molecule has 4 heterocycles. The minimum absolute atomic E-state index is 0.00847. The Kier molecular flexibility index (Phi) is 4.77. The highest BCUT2D eigenvalue weighted by molar-refractivity contribution is 7.07. The van der Waals surface area contributed by atoms with Crippen LogP contribution in [0.1, 0.15) is 24.1 Å². The van der Waals surface area contributed by atoms with Crippen LogP contribution in [0.3, 0.4) is 0 Å². The molecule has 3 aliphatic rings. The van der Waals surface area contributed by atoms with Crippen molar-refractivity contribution in [2.24, 2.45) is 5.92 Å². The molecule has 0 spiro atoms. The molecule has 1 aromatic carbocycles. The Hall–Kier alpha value is -2.92. The summed E-state index contributed by atoms with van der Waals surface area (Å²) in [7, 11) is 0. The zero-order chi connectivity index (χ0) is 18.8. The van der Waals surface area contributed by atoms with E-state index in [1.165, 1.54) is 11.3 Å². The topological polar surface area (TPSA) is 89.3 Å². The van der Waals surface area contributed by atoms with Gasteiger partial charge in [0, 0.05) is 30.2 Å². The van der Waals surface area contributed by atoms with Gasteiger partial charge >= 0.3 is 6.03 Å². The quantitative estimate of drug-likeness (QED) is 0.885. The Bertz CT molecular complexity index is 892. The van der Waals surface area contributed by atoms with Crippen molar-refractivity contribution in [1.82, 2.24) is 14.8 Å². The number of carbonyl (C=O) groups excluding carboxylic acids is 2. The van der Waals surface area contributed by atoms with Crippen LogP contribution in [0.2, 0.25) is 0 Å². The molecule has 2 bridgehead atoms. The second kappa shape index (κ2) is 7.37. The average Bonchev–Trinajstić information content (AvgIpc) is 3.04. The summed E-state index contributed by atoms with van der Waals surface area (Å²) in [6, 6.07) is 8.67. The molecule has 3 amide bonds. The van der Waals surface area contributed by atoms with E-state index in [0.29, 0.717) is 30.9 Å². The van der Waals surface area contributed by atoms with Gasteiger partial charge < -0.3 is 15.1 Å². The van der Waals surface area contributed by atoms with Crippen LogP contribution in [0.15, 0.2) is 35.2 Å². The number of thiazole rings is 1. The number of urea groups is 1. The molecule has 0 radical (unpaired) electrons. The summed E-state index contributed by atoms with van der Waals surface area (Å²) in [5.74, 6) is -0.0559. The molecule has 3 aliphatic heterocycles. The number of carbonyl (C=O) groups is 2. The molecule has 0 aliphatic carbocycles. The van der Waals surface area contributed by atoms with E-state index in [1.807, 2.05) is 10.3 Å².